The maximum atomic E-state index is 12.9. The molecule has 0 saturated heterocycles. The molecule has 0 aromatic heterocycles. The monoisotopic (exact) mass is 265 g/mol. The molecule has 0 aliphatic heterocycles. The zero-order valence-corrected chi connectivity index (χ0v) is 10.4. The molecule has 1 unspecified atom stereocenters. The van der Waals surface area contributed by atoms with Crippen molar-refractivity contribution < 1.29 is 14.1 Å². The lowest BCUT2D eigenvalue weighted by atomic mass is 10.0. The van der Waals surface area contributed by atoms with E-state index in [-0.39, 0.29) is 11.5 Å². The third kappa shape index (κ3) is 3.48. The zero-order chi connectivity index (χ0) is 14.6. The van der Waals surface area contributed by atoms with Gasteiger partial charge in [-0.15, -0.1) is 0 Å². The molecule has 7 heteroatoms. The van der Waals surface area contributed by atoms with Gasteiger partial charge in [0.15, 0.2) is 0 Å². The van der Waals surface area contributed by atoms with Gasteiger partial charge in [0, 0.05) is 0 Å². The summed E-state index contributed by atoms with van der Waals surface area (Å²) in [5.41, 5.74) is -0.898. The highest BCUT2D eigenvalue weighted by Gasteiger charge is 2.24. The van der Waals surface area contributed by atoms with Gasteiger partial charge in [-0.25, -0.2) is 4.39 Å². The van der Waals surface area contributed by atoms with Crippen LogP contribution in [0.3, 0.4) is 0 Å². The molecule has 1 amide bonds. The summed E-state index contributed by atoms with van der Waals surface area (Å²) in [5, 5.41) is 22.0. The number of nitriles is 1. The first-order chi connectivity index (χ1) is 8.86. The molecule has 1 N–H and O–H groups in total. The Balaban J connectivity index is 3.07. The van der Waals surface area contributed by atoms with E-state index in [1.807, 2.05) is 6.07 Å². The Bertz CT molecular complexity index is 552. The van der Waals surface area contributed by atoms with Crippen molar-refractivity contribution in [3.05, 3.63) is 39.7 Å². The van der Waals surface area contributed by atoms with E-state index in [1.165, 1.54) is 0 Å². The van der Waals surface area contributed by atoms with Crippen molar-refractivity contribution in [3.8, 4) is 6.07 Å². The summed E-state index contributed by atoms with van der Waals surface area (Å²) < 4.78 is 12.9. The molecule has 0 fully saturated rings. The molecule has 1 aromatic rings. The van der Waals surface area contributed by atoms with E-state index in [2.05, 4.69) is 5.32 Å². The third-order valence-electron chi connectivity index (χ3n) is 2.49. The summed E-state index contributed by atoms with van der Waals surface area (Å²) >= 11 is 0. The molecule has 1 aromatic carbocycles. The zero-order valence-electron chi connectivity index (χ0n) is 10.4. The van der Waals surface area contributed by atoms with Crippen LogP contribution in [0.4, 0.5) is 10.1 Å². The van der Waals surface area contributed by atoms with Crippen LogP contribution in [-0.2, 0) is 0 Å². The number of halogens is 1. The van der Waals surface area contributed by atoms with Crippen molar-refractivity contribution in [2.75, 3.05) is 0 Å². The maximum Gasteiger partial charge on any atom is 0.285 e. The van der Waals surface area contributed by atoms with Gasteiger partial charge in [0.25, 0.3) is 11.6 Å². The lowest BCUT2D eigenvalue weighted by Gasteiger charge is -2.14. The minimum Gasteiger partial charge on any atom is -0.336 e. The fraction of sp³-hybridized carbons (Fsp3) is 0.333. The smallest absolute Gasteiger partial charge is 0.285 e. The van der Waals surface area contributed by atoms with Crippen molar-refractivity contribution in [3.63, 3.8) is 0 Å². The number of amides is 1. The molecule has 100 valence electrons. The van der Waals surface area contributed by atoms with Crippen LogP contribution in [0.2, 0.25) is 0 Å². The third-order valence-corrected chi connectivity index (χ3v) is 2.49. The molecule has 0 heterocycles. The average Bonchev–Trinajstić information content (AvgIpc) is 2.34. The van der Waals surface area contributed by atoms with Crippen molar-refractivity contribution in [2.24, 2.45) is 5.92 Å². The van der Waals surface area contributed by atoms with Crippen LogP contribution in [0, 0.1) is 33.2 Å². The van der Waals surface area contributed by atoms with Gasteiger partial charge in [-0.05, 0) is 18.1 Å². The van der Waals surface area contributed by atoms with Crippen molar-refractivity contribution in [2.45, 2.75) is 19.9 Å². The Morgan fingerprint density at radius 3 is 2.63 bits per heavy atom. The Morgan fingerprint density at radius 1 is 1.53 bits per heavy atom. The van der Waals surface area contributed by atoms with E-state index >= 15 is 0 Å². The molecule has 6 nitrogen and oxygen atoms in total. The van der Waals surface area contributed by atoms with Crippen LogP contribution in [0.25, 0.3) is 0 Å². The van der Waals surface area contributed by atoms with Gasteiger partial charge in [0.05, 0.1) is 17.1 Å². The van der Waals surface area contributed by atoms with Crippen LogP contribution in [0.1, 0.15) is 24.2 Å². The minimum atomic E-state index is -0.839. The molecule has 0 saturated carbocycles. The second-order valence-electron chi connectivity index (χ2n) is 4.24. The van der Waals surface area contributed by atoms with Gasteiger partial charge >= 0.3 is 0 Å². The summed E-state index contributed by atoms with van der Waals surface area (Å²) in [4.78, 5) is 21.8. The lowest BCUT2D eigenvalue weighted by Crippen LogP contribution is -2.37. The Kier molecular flexibility index (Phi) is 4.53. The summed E-state index contributed by atoms with van der Waals surface area (Å²) in [6.07, 6.45) is 0. The molecule has 19 heavy (non-hydrogen) atoms. The normalized spacial score (nSPS) is 11.7. The number of nitro groups is 1. The van der Waals surface area contributed by atoms with E-state index in [9.17, 15) is 19.3 Å². The van der Waals surface area contributed by atoms with Crippen LogP contribution in [0.5, 0.6) is 0 Å². The molecular formula is C12H12FN3O3. The molecule has 1 rings (SSSR count). The lowest BCUT2D eigenvalue weighted by molar-refractivity contribution is -0.385. The molecule has 0 spiro atoms. The molecule has 0 bridgehead atoms. The quantitative estimate of drug-likeness (QED) is 0.665. The van der Waals surface area contributed by atoms with E-state index in [1.54, 1.807) is 13.8 Å². The second-order valence-corrected chi connectivity index (χ2v) is 4.24. The van der Waals surface area contributed by atoms with Crippen LogP contribution in [-0.4, -0.2) is 16.9 Å². The highest BCUT2D eigenvalue weighted by Crippen LogP contribution is 2.20. The summed E-state index contributed by atoms with van der Waals surface area (Å²) in [6.45, 7) is 3.46. The number of nitrogens with zero attached hydrogens (tertiary/aromatic N) is 2. The van der Waals surface area contributed by atoms with E-state index < -0.39 is 28.4 Å². The SMILES string of the molecule is CC(C)C(C#N)NC(=O)c1ccc(F)cc1[N+](=O)[O-]. The van der Waals surface area contributed by atoms with Crippen molar-refractivity contribution in [1.82, 2.24) is 5.32 Å². The molecule has 0 aliphatic rings. The van der Waals surface area contributed by atoms with Gasteiger partial charge < -0.3 is 5.32 Å². The van der Waals surface area contributed by atoms with E-state index in [4.69, 9.17) is 5.26 Å². The Morgan fingerprint density at radius 2 is 2.16 bits per heavy atom. The van der Waals surface area contributed by atoms with Gasteiger partial charge in [-0.3, -0.25) is 14.9 Å². The number of carbonyl (C=O) groups is 1. The number of nitro benzene ring substituents is 1. The van der Waals surface area contributed by atoms with Gasteiger partial charge in [-0.2, -0.15) is 5.26 Å². The van der Waals surface area contributed by atoms with E-state index in [0.29, 0.717) is 6.07 Å². The standard InChI is InChI=1S/C12H12FN3O3/c1-7(2)10(6-14)15-12(17)9-4-3-8(13)5-11(9)16(18)19/h3-5,7,10H,1-2H3,(H,15,17). The first kappa shape index (κ1) is 14.6. The molecule has 0 aliphatic carbocycles. The van der Waals surface area contributed by atoms with Gasteiger partial charge in [0.2, 0.25) is 0 Å². The summed E-state index contributed by atoms with van der Waals surface area (Å²) in [7, 11) is 0. The maximum absolute atomic E-state index is 12.9. The first-order valence-electron chi connectivity index (χ1n) is 5.51. The Hall–Kier alpha value is -2.49. The van der Waals surface area contributed by atoms with E-state index in [0.717, 1.165) is 12.1 Å². The number of nitrogens with one attached hydrogen (secondary N) is 1. The number of benzene rings is 1. The van der Waals surface area contributed by atoms with Crippen LogP contribution in [0.15, 0.2) is 18.2 Å². The predicted molar refractivity (Wildman–Crippen MR) is 64.8 cm³/mol. The minimum absolute atomic E-state index is 0.145. The highest BCUT2D eigenvalue weighted by molar-refractivity contribution is 5.98. The Labute approximate surface area is 109 Å². The van der Waals surface area contributed by atoms with Crippen LogP contribution < -0.4 is 5.32 Å². The van der Waals surface area contributed by atoms with Crippen molar-refractivity contribution in [1.29, 1.82) is 5.26 Å². The largest absolute Gasteiger partial charge is 0.336 e. The fourth-order valence-corrected chi connectivity index (χ4v) is 1.41. The van der Waals surface area contributed by atoms with Gasteiger partial charge in [-0.1, -0.05) is 13.8 Å². The number of carbonyl (C=O) groups excluding carboxylic acids is 1. The number of hydrogen-bond acceptors (Lipinski definition) is 4. The topological polar surface area (TPSA) is 96.0 Å². The summed E-state index contributed by atoms with van der Waals surface area (Å²) in [6, 6.07) is 3.77. The van der Waals surface area contributed by atoms with Crippen molar-refractivity contribution >= 4 is 11.6 Å². The number of hydrogen-bond donors (Lipinski definition) is 1. The molecular weight excluding hydrogens is 253 g/mol. The molecule has 0 radical (unpaired) electrons. The summed E-state index contributed by atoms with van der Waals surface area (Å²) in [5.74, 6) is -1.72. The fourth-order valence-electron chi connectivity index (χ4n) is 1.41. The second kappa shape index (κ2) is 5.91. The first-order valence-corrected chi connectivity index (χ1v) is 5.51. The van der Waals surface area contributed by atoms with Crippen LogP contribution >= 0.6 is 0 Å². The predicted octanol–water partition coefficient (Wildman–Crippen LogP) is 2.01. The van der Waals surface area contributed by atoms with Gasteiger partial charge in [0.1, 0.15) is 17.4 Å². The highest BCUT2D eigenvalue weighted by atomic mass is 19.1. The average molecular weight is 265 g/mol. The number of rotatable bonds is 4. The molecule has 1 atom stereocenters.